The van der Waals surface area contributed by atoms with Crippen molar-refractivity contribution in [2.45, 2.75) is 46.1 Å². The predicted molar refractivity (Wildman–Crippen MR) is 94.1 cm³/mol. The molecule has 0 N–H and O–H groups in total. The van der Waals surface area contributed by atoms with Gasteiger partial charge in [0.05, 0.1) is 0 Å². The molecule has 24 heavy (non-hydrogen) atoms. The zero-order chi connectivity index (χ0) is 17.7. The molecule has 1 aromatic carbocycles. The number of ether oxygens (including phenoxy) is 1. The molecule has 5 nitrogen and oxygen atoms in total. The predicted octanol–water partition coefficient (Wildman–Crippen LogP) is 3.33. The molecule has 0 aromatic heterocycles. The largest absolute Gasteiger partial charge is 0.444 e. The number of rotatable bonds is 3. The first-order valence-corrected chi connectivity index (χ1v) is 8.66. The number of aryl methyl sites for hydroxylation is 1. The average molecular weight is 332 g/mol. The van der Waals surface area contributed by atoms with Gasteiger partial charge in [0.15, 0.2) is 0 Å². The quantitative estimate of drug-likeness (QED) is 0.853. The lowest BCUT2D eigenvalue weighted by Crippen LogP contribution is -2.51. The number of carbonyl (C=O) groups excluding carboxylic acids is 2. The van der Waals surface area contributed by atoms with E-state index in [0.29, 0.717) is 31.7 Å². The third-order valence-corrected chi connectivity index (χ3v) is 3.96. The molecule has 0 bridgehead atoms. The third-order valence-electron chi connectivity index (χ3n) is 3.96. The van der Waals surface area contributed by atoms with E-state index in [1.807, 2.05) is 45.0 Å². The Bertz CT molecular complexity index is 567. The number of amides is 2. The van der Waals surface area contributed by atoms with E-state index >= 15 is 0 Å². The summed E-state index contributed by atoms with van der Waals surface area (Å²) in [7, 11) is 0. The molecule has 0 radical (unpaired) electrons. The van der Waals surface area contributed by atoms with Crippen molar-refractivity contribution in [3.8, 4) is 0 Å². The summed E-state index contributed by atoms with van der Waals surface area (Å²) in [5.41, 5.74) is 1.47. The molecule has 1 aliphatic heterocycles. The van der Waals surface area contributed by atoms with Crippen molar-refractivity contribution in [1.29, 1.82) is 0 Å². The minimum Gasteiger partial charge on any atom is -0.444 e. The molecular formula is C19H28N2O3. The van der Waals surface area contributed by atoms with E-state index in [1.54, 1.807) is 9.80 Å². The minimum absolute atomic E-state index is 0.0295. The van der Waals surface area contributed by atoms with Gasteiger partial charge in [-0.2, -0.15) is 0 Å². The van der Waals surface area contributed by atoms with Crippen molar-refractivity contribution in [2.75, 3.05) is 26.2 Å². The van der Waals surface area contributed by atoms with Gasteiger partial charge in [-0.25, -0.2) is 4.79 Å². The molecule has 1 fully saturated rings. The first kappa shape index (κ1) is 18.3. The second-order valence-electron chi connectivity index (χ2n) is 7.21. The second kappa shape index (κ2) is 7.69. The summed E-state index contributed by atoms with van der Waals surface area (Å²) in [6.45, 7) is 9.79. The van der Waals surface area contributed by atoms with Crippen LogP contribution >= 0.6 is 0 Å². The van der Waals surface area contributed by atoms with E-state index in [-0.39, 0.29) is 12.0 Å². The van der Waals surface area contributed by atoms with E-state index < -0.39 is 5.60 Å². The van der Waals surface area contributed by atoms with Crippen molar-refractivity contribution in [3.05, 3.63) is 35.4 Å². The Hall–Kier alpha value is -2.04. The van der Waals surface area contributed by atoms with Crippen LogP contribution in [0.2, 0.25) is 0 Å². The van der Waals surface area contributed by atoms with Gasteiger partial charge >= 0.3 is 6.09 Å². The summed E-state index contributed by atoms with van der Waals surface area (Å²) in [5, 5.41) is 0. The molecule has 2 amide bonds. The lowest BCUT2D eigenvalue weighted by molar-refractivity contribution is 0.0141. The van der Waals surface area contributed by atoms with Crippen molar-refractivity contribution in [1.82, 2.24) is 9.80 Å². The fourth-order valence-electron chi connectivity index (χ4n) is 2.70. The van der Waals surface area contributed by atoms with Crippen LogP contribution in [0.4, 0.5) is 4.79 Å². The van der Waals surface area contributed by atoms with Crippen LogP contribution in [0.3, 0.4) is 0 Å². The normalized spacial score (nSPS) is 15.3. The molecule has 1 aromatic rings. The molecular weight excluding hydrogens is 304 g/mol. The van der Waals surface area contributed by atoms with E-state index in [2.05, 4.69) is 6.92 Å². The molecule has 0 unspecified atom stereocenters. The highest BCUT2D eigenvalue weighted by Crippen LogP contribution is 2.14. The van der Waals surface area contributed by atoms with Crippen LogP contribution in [0.5, 0.6) is 0 Å². The molecule has 0 aliphatic carbocycles. The van der Waals surface area contributed by atoms with Crippen molar-refractivity contribution < 1.29 is 14.3 Å². The van der Waals surface area contributed by atoms with Gasteiger partial charge < -0.3 is 14.5 Å². The van der Waals surface area contributed by atoms with Gasteiger partial charge in [0.2, 0.25) is 0 Å². The molecule has 0 atom stereocenters. The van der Waals surface area contributed by atoms with E-state index in [9.17, 15) is 9.59 Å². The maximum Gasteiger partial charge on any atom is 0.410 e. The summed E-state index contributed by atoms with van der Waals surface area (Å²) >= 11 is 0. The summed E-state index contributed by atoms with van der Waals surface area (Å²) in [4.78, 5) is 28.1. The molecule has 0 spiro atoms. The van der Waals surface area contributed by atoms with Crippen LogP contribution in [0, 0.1) is 0 Å². The smallest absolute Gasteiger partial charge is 0.410 e. The Morgan fingerprint density at radius 2 is 1.54 bits per heavy atom. The zero-order valence-electron chi connectivity index (χ0n) is 15.2. The van der Waals surface area contributed by atoms with Crippen molar-refractivity contribution in [3.63, 3.8) is 0 Å². The van der Waals surface area contributed by atoms with Gasteiger partial charge in [0, 0.05) is 31.7 Å². The van der Waals surface area contributed by atoms with Crippen molar-refractivity contribution >= 4 is 12.0 Å². The summed E-state index contributed by atoms with van der Waals surface area (Å²) in [5.74, 6) is 0.0295. The lowest BCUT2D eigenvalue weighted by atomic mass is 10.1. The van der Waals surface area contributed by atoms with Crippen LogP contribution in [0.15, 0.2) is 24.3 Å². The zero-order valence-corrected chi connectivity index (χ0v) is 15.2. The van der Waals surface area contributed by atoms with Crippen LogP contribution in [-0.4, -0.2) is 53.6 Å². The standard InChI is InChI=1S/C19H28N2O3/c1-5-6-15-7-9-16(10-8-15)17(22)20-11-13-21(14-12-20)18(23)24-19(2,3)4/h7-10H,5-6,11-14H2,1-4H3. The first-order valence-electron chi connectivity index (χ1n) is 8.66. The number of nitrogens with zero attached hydrogens (tertiary/aromatic N) is 2. The topological polar surface area (TPSA) is 49.9 Å². The number of piperazine rings is 1. The molecule has 0 saturated carbocycles. The Kier molecular flexibility index (Phi) is 5.86. The maximum absolute atomic E-state index is 12.6. The Labute approximate surface area is 144 Å². The Balaban J connectivity index is 1.89. The maximum atomic E-state index is 12.6. The fraction of sp³-hybridized carbons (Fsp3) is 0.579. The Morgan fingerprint density at radius 3 is 2.04 bits per heavy atom. The van der Waals surface area contributed by atoms with Crippen molar-refractivity contribution in [2.24, 2.45) is 0 Å². The van der Waals surface area contributed by atoms with Gasteiger partial charge in [-0.05, 0) is 44.9 Å². The third kappa shape index (κ3) is 4.98. The van der Waals surface area contributed by atoms with Gasteiger partial charge in [0.25, 0.3) is 5.91 Å². The highest BCUT2D eigenvalue weighted by Gasteiger charge is 2.27. The SMILES string of the molecule is CCCc1ccc(C(=O)N2CCN(C(=O)OC(C)(C)C)CC2)cc1. The van der Waals surface area contributed by atoms with Crippen LogP contribution in [0.1, 0.15) is 50.0 Å². The summed E-state index contributed by atoms with van der Waals surface area (Å²) in [6.07, 6.45) is 1.82. The van der Waals surface area contributed by atoms with Crippen LogP contribution in [0.25, 0.3) is 0 Å². The highest BCUT2D eigenvalue weighted by atomic mass is 16.6. The highest BCUT2D eigenvalue weighted by molar-refractivity contribution is 5.94. The number of benzene rings is 1. The van der Waals surface area contributed by atoms with E-state index in [4.69, 9.17) is 4.74 Å². The fourth-order valence-corrected chi connectivity index (χ4v) is 2.70. The molecule has 1 aliphatic rings. The second-order valence-corrected chi connectivity index (χ2v) is 7.21. The molecule has 132 valence electrons. The molecule has 1 saturated heterocycles. The molecule has 1 heterocycles. The molecule has 2 rings (SSSR count). The average Bonchev–Trinajstić information content (AvgIpc) is 2.54. The minimum atomic E-state index is -0.496. The Morgan fingerprint density at radius 1 is 1.00 bits per heavy atom. The molecule has 5 heteroatoms. The number of hydrogen-bond donors (Lipinski definition) is 0. The summed E-state index contributed by atoms with van der Waals surface area (Å²) in [6, 6.07) is 7.84. The van der Waals surface area contributed by atoms with E-state index in [1.165, 1.54) is 5.56 Å². The monoisotopic (exact) mass is 332 g/mol. The summed E-state index contributed by atoms with van der Waals surface area (Å²) < 4.78 is 5.38. The van der Waals surface area contributed by atoms with Crippen LogP contribution < -0.4 is 0 Å². The first-order chi connectivity index (χ1) is 11.3. The van der Waals surface area contributed by atoms with E-state index in [0.717, 1.165) is 12.8 Å². The van der Waals surface area contributed by atoms with Gasteiger partial charge in [-0.15, -0.1) is 0 Å². The van der Waals surface area contributed by atoms with Gasteiger partial charge in [-0.1, -0.05) is 25.5 Å². The number of hydrogen-bond acceptors (Lipinski definition) is 3. The van der Waals surface area contributed by atoms with Crippen LogP contribution in [-0.2, 0) is 11.2 Å². The number of carbonyl (C=O) groups is 2. The van der Waals surface area contributed by atoms with Gasteiger partial charge in [0.1, 0.15) is 5.60 Å². The lowest BCUT2D eigenvalue weighted by Gasteiger charge is -2.35. The van der Waals surface area contributed by atoms with Gasteiger partial charge in [-0.3, -0.25) is 4.79 Å².